The number of hydrogen-bond acceptors (Lipinski definition) is 4. The zero-order valence-electron chi connectivity index (χ0n) is 12.8. The zero-order valence-corrected chi connectivity index (χ0v) is 12.8. The van der Waals surface area contributed by atoms with Gasteiger partial charge in [0.05, 0.1) is 12.6 Å². The van der Waals surface area contributed by atoms with Crippen LogP contribution in [0.25, 0.3) is 0 Å². The summed E-state index contributed by atoms with van der Waals surface area (Å²) in [6, 6.07) is 9.34. The summed E-state index contributed by atoms with van der Waals surface area (Å²) >= 11 is 0. The van der Waals surface area contributed by atoms with Crippen LogP contribution in [0.5, 0.6) is 11.5 Å². The van der Waals surface area contributed by atoms with E-state index in [0.717, 1.165) is 11.3 Å². The monoisotopic (exact) mass is 331 g/mol. The zero-order chi connectivity index (χ0) is 16.5. The molecule has 0 radical (unpaired) electrons. The van der Waals surface area contributed by atoms with E-state index in [2.05, 4.69) is 4.99 Å². The Morgan fingerprint density at radius 2 is 1.79 bits per heavy atom. The van der Waals surface area contributed by atoms with Crippen LogP contribution in [0.2, 0.25) is 0 Å². The summed E-state index contributed by atoms with van der Waals surface area (Å²) in [7, 11) is 0. The second kappa shape index (κ2) is 6.11. The molecular formula is C18H15F2NO3. The molecule has 0 saturated carbocycles. The normalized spacial score (nSPS) is 18.9. The maximum Gasteiger partial charge on any atom is 0.231 e. The van der Waals surface area contributed by atoms with Gasteiger partial charge in [0.1, 0.15) is 17.2 Å². The number of nitrogens with zero attached hydrogens (tertiary/aromatic N) is 1. The van der Waals surface area contributed by atoms with Gasteiger partial charge < -0.3 is 14.2 Å². The van der Waals surface area contributed by atoms with Crippen LogP contribution in [0.15, 0.2) is 41.4 Å². The molecule has 0 bridgehead atoms. The topological polar surface area (TPSA) is 40.0 Å². The van der Waals surface area contributed by atoms with Gasteiger partial charge in [0.2, 0.25) is 12.7 Å². The van der Waals surface area contributed by atoms with Crippen LogP contribution >= 0.6 is 0 Å². The van der Waals surface area contributed by atoms with Crippen molar-refractivity contribution < 1.29 is 23.0 Å². The molecule has 2 aliphatic rings. The lowest BCUT2D eigenvalue weighted by Crippen LogP contribution is -2.25. The highest BCUT2D eigenvalue weighted by Gasteiger charge is 2.23. The second-order valence-corrected chi connectivity index (χ2v) is 5.71. The van der Waals surface area contributed by atoms with Crippen molar-refractivity contribution in [2.24, 2.45) is 4.99 Å². The first-order valence-electron chi connectivity index (χ1n) is 7.74. The van der Waals surface area contributed by atoms with Crippen molar-refractivity contribution in [1.29, 1.82) is 0 Å². The van der Waals surface area contributed by atoms with E-state index in [9.17, 15) is 8.78 Å². The molecule has 0 N–H and O–H groups in total. The molecule has 2 aromatic rings. The Kier molecular flexibility index (Phi) is 3.80. The van der Waals surface area contributed by atoms with Gasteiger partial charge in [-0.3, -0.25) is 0 Å². The van der Waals surface area contributed by atoms with E-state index in [0.29, 0.717) is 25.2 Å². The van der Waals surface area contributed by atoms with Crippen LogP contribution in [0.4, 0.5) is 8.78 Å². The fourth-order valence-corrected chi connectivity index (χ4v) is 2.89. The lowest BCUT2D eigenvalue weighted by atomic mass is 10.0. The van der Waals surface area contributed by atoms with Gasteiger partial charge in [-0.1, -0.05) is 12.1 Å². The van der Waals surface area contributed by atoms with E-state index in [-0.39, 0.29) is 24.3 Å². The smallest absolute Gasteiger partial charge is 0.231 e. The van der Waals surface area contributed by atoms with Crippen LogP contribution in [0.3, 0.4) is 0 Å². The van der Waals surface area contributed by atoms with Crippen LogP contribution in [-0.4, -0.2) is 25.3 Å². The first-order chi connectivity index (χ1) is 11.7. The largest absolute Gasteiger partial charge is 0.477 e. The lowest BCUT2D eigenvalue weighted by molar-refractivity contribution is 0.174. The molecule has 0 spiro atoms. The van der Waals surface area contributed by atoms with Gasteiger partial charge in [-0.05, 0) is 36.2 Å². The summed E-state index contributed by atoms with van der Waals surface area (Å²) < 4.78 is 43.9. The number of benzene rings is 2. The van der Waals surface area contributed by atoms with Crippen LogP contribution in [0.1, 0.15) is 17.5 Å². The average molecular weight is 331 g/mol. The second-order valence-electron chi connectivity index (χ2n) is 5.71. The Balaban J connectivity index is 1.58. The van der Waals surface area contributed by atoms with Crippen LogP contribution in [-0.2, 0) is 11.2 Å². The summed E-state index contributed by atoms with van der Waals surface area (Å²) in [5.41, 5.74) is 0.830. The third-order valence-electron chi connectivity index (χ3n) is 4.07. The van der Waals surface area contributed by atoms with E-state index in [1.807, 2.05) is 18.2 Å². The third-order valence-corrected chi connectivity index (χ3v) is 4.07. The number of aliphatic imine (C=N–C) groups is 1. The molecule has 1 atom stereocenters. The molecule has 1 unspecified atom stereocenters. The van der Waals surface area contributed by atoms with Crippen molar-refractivity contribution in [3.8, 4) is 11.5 Å². The molecule has 2 aliphatic heterocycles. The SMILES string of the molecule is Fc1cccc(F)c1C1=NC(Cc2ccc3c(c2)OCO3)CCO1. The first kappa shape index (κ1) is 14.9. The minimum atomic E-state index is -0.669. The molecule has 4 rings (SSSR count). The Labute approximate surface area is 137 Å². The summed E-state index contributed by atoms with van der Waals surface area (Å²) in [5, 5.41) is 0. The number of rotatable bonds is 3. The molecule has 0 fully saturated rings. The van der Waals surface area contributed by atoms with E-state index in [1.165, 1.54) is 18.2 Å². The highest BCUT2D eigenvalue weighted by atomic mass is 19.1. The van der Waals surface area contributed by atoms with Crippen molar-refractivity contribution >= 4 is 5.90 Å². The van der Waals surface area contributed by atoms with Gasteiger partial charge in [-0.2, -0.15) is 0 Å². The lowest BCUT2D eigenvalue weighted by Gasteiger charge is -2.22. The standard InChI is InChI=1S/C18H15F2NO3/c19-13-2-1-3-14(20)17(13)18-21-12(6-7-22-18)8-11-4-5-15-16(9-11)24-10-23-15/h1-5,9,12H,6-8,10H2. The minimum absolute atomic E-state index is 0.0302. The quantitative estimate of drug-likeness (QED) is 0.865. The number of halogens is 2. The van der Waals surface area contributed by atoms with Gasteiger partial charge in [0.15, 0.2) is 11.5 Å². The molecule has 2 heterocycles. The molecule has 0 aromatic heterocycles. The highest BCUT2D eigenvalue weighted by Crippen LogP contribution is 2.33. The number of hydrogen-bond donors (Lipinski definition) is 0. The molecule has 6 heteroatoms. The third kappa shape index (κ3) is 2.79. The Morgan fingerprint density at radius 1 is 1.00 bits per heavy atom. The summed E-state index contributed by atoms with van der Waals surface area (Å²) in [5.74, 6) is 0.129. The molecule has 0 amide bonds. The Morgan fingerprint density at radius 3 is 2.62 bits per heavy atom. The Hall–Kier alpha value is -2.63. The molecule has 124 valence electrons. The maximum atomic E-state index is 13.9. The van der Waals surface area contributed by atoms with Crippen molar-refractivity contribution in [2.45, 2.75) is 18.9 Å². The van der Waals surface area contributed by atoms with Gasteiger partial charge in [-0.15, -0.1) is 0 Å². The number of ether oxygens (including phenoxy) is 3. The molecule has 24 heavy (non-hydrogen) atoms. The summed E-state index contributed by atoms with van der Waals surface area (Å²) in [6.07, 6.45) is 1.33. The number of fused-ring (bicyclic) bond motifs is 1. The van der Waals surface area contributed by atoms with Gasteiger partial charge in [0.25, 0.3) is 0 Å². The van der Waals surface area contributed by atoms with Crippen LogP contribution in [0, 0.1) is 11.6 Å². The van der Waals surface area contributed by atoms with Gasteiger partial charge >= 0.3 is 0 Å². The highest BCUT2D eigenvalue weighted by molar-refractivity contribution is 5.95. The van der Waals surface area contributed by atoms with Gasteiger partial charge in [0, 0.05) is 6.42 Å². The van der Waals surface area contributed by atoms with E-state index >= 15 is 0 Å². The first-order valence-corrected chi connectivity index (χ1v) is 7.74. The fourth-order valence-electron chi connectivity index (χ4n) is 2.89. The van der Waals surface area contributed by atoms with E-state index in [1.54, 1.807) is 0 Å². The predicted octanol–water partition coefficient (Wildman–Crippen LogP) is 3.47. The van der Waals surface area contributed by atoms with Gasteiger partial charge in [-0.25, -0.2) is 13.8 Å². The van der Waals surface area contributed by atoms with Crippen molar-refractivity contribution in [1.82, 2.24) is 0 Å². The fraction of sp³-hybridized carbons (Fsp3) is 0.278. The van der Waals surface area contributed by atoms with Crippen molar-refractivity contribution in [3.05, 3.63) is 59.2 Å². The van der Waals surface area contributed by atoms with Crippen LogP contribution < -0.4 is 9.47 Å². The molecule has 4 nitrogen and oxygen atoms in total. The van der Waals surface area contributed by atoms with Crippen molar-refractivity contribution in [3.63, 3.8) is 0 Å². The summed E-state index contributed by atoms with van der Waals surface area (Å²) in [4.78, 5) is 4.40. The Bertz CT molecular complexity index is 787. The van der Waals surface area contributed by atoms with E-state index < -0.39 is 11.6 Å². The minimum Gasteiger partial charge on any atom is -0.477 e. The molecule has 2 aromatic carbocycles. The van der Waals surface area contributed by atoms with E-state index in [4.69, 9.17) is 14.2 Å². The molecule has 0 saturated heterocycles. The summed E-state index contributed by atoms with van der Waals surface area (Å²) in [6.45, 7) is 0.604. The molecule has 0 aliphatic carbocycles. The maximum absolute atomic E-state index is 13.9. The molecular weight excluding hydrogens is 316 g/mol. The van der Waals surface area contributed by atoms with Crippen molar-refractivity contribution in [2.75, 3.05) is 13.4 Å². The predicted molar refractivity (Wildman–Crippen MR) is 83.5 cm³/mol. The average Bonchev–Trinajstić information content (AvgIpc) is 3.03.